The lowest BCUT2D eigenvalue weighted by molar-refractivity contribution is -0.148. The summed E-state index contributed by atoms with van der Waals surface area (Å²) in [5, 5.41) is 0. The van der Waals surface area contributed by atoms with Gasteiger partial charge in [0.05, 0.1) is 7.11 Å². The number of benzene rings is 1. The molecular formula is C15H16O6. The molecule has 0 heterocycles. The summed E-state index contributed by atoms with van der Waals surface area (Å²) in [5.41, 5.74) is 0.183. The van der Waals surface area contributed by atoms with Crippen LogP contribution in [0.15, 0.2) is 36.4 Å². The van der Waals surface area contributed by atoms with Crippen molar-refractivity contribution < 1.29 is 28.6 Å². The van der Waals surface area contributed by atoms with Gasteiger partial charge in [-0.3, -0.25) is 4.79 Å². The fourth-order valence-corrected chi connectivity index (χ4v) is 1.29. The van der Waals surface area contributed by atoms with Gasteiger partial charge >= 0.3 is 11.9 Å². The molecule has 0 saturated heterocycles. The Morgan fingerprint density at radius 2 is 1.81 bits per heavy atom. The van der Waals surface area contributed by atoms with Crippen molar-refractivity contribution >= 4 is 18.2 Å². The molecule has 0 bridgehead atoms. The third-order valence-electron chi connectivity index (χ3n) is 2.49. The van der Waals surface area contributed by atoms with Crippen molar-refractivity contribution in [1.29, 1.82) is 0 Å². The maximum Gasteiger partial charge on any atom is 0.333 e. The minimum absolute atomic E-state index is 0.183. The van der Waals surface area contributed by atoms with Crippen molar-refractivity contribution in [3.8, 4) is 11.5 Å². The summed E-state index contributed by atoms with van der Waals surface area (Å²) in [6, 6.07) is 6.27. The Labute approximate surface area is 122 Å². The van der Waals surface area contributed by atoms with Gasteiger partial charge in [-0.05, 0) is 31.2 Å². The van der Waals surface area contributed by atoms with E-state index in [0.717, 1.165) is 0 Å². The van der Waals surface area contributed by atoms with E-state index in [4.69, 9.17) is 14.2 Å². The Hall–Kier alpha value is -2.63. The Morgan fingerprint density at radius 3 is 2.29 bits per heavy atom. The molecule has 0 aliphatic heterocycles. The summed E-state index contributed by atoms with van der Waals surface area (Å²) in [6.07, 6.45) is 0.373. The fourth-order valence-electron chi connectivity index (χ4n) is 1.29. The first kappa shape index (κ1) is 16.4. The first-order valence-corrected chi connectivity index (χ1v) is 6.11. The van der Waals surface area contributed by atoms with Crippen LogP contribution >= 0.6 is 0 Å². The number of methoxy groups -OCH3 is 1. The average molecular weight is 292 g/mol. The number of esters is 2. The van der Waals surface area contributed by atoms with Crippen molar-refractivity contribution in [1.82, 2.24) is 0 Å². The lowest BCUT2D eigenvalue weighted by Crippen LogP contribution is -2.27. The van der Waals surface area contributed by atoms with Crippen LogP contribution in [-0.4, -0.2) is 31.9 Å². The van der Waals surface area contributed by atoms with Crippen molar-refractivity contribution in [2.45, 2.75) is 6.92 Å². The Bertz CT molecular complexity index is 532. The molecule has 21 heavy (non-hydrogen) atoms. The molecule has 0 spiro atoms. The van der Waals surface area contributed by atoms with Crippen LogP contribution < -0.4 is 9.47 Å². The Morgan fingerprint density at radius 1 is 1.24 bits per heavy atom. The van der Waals surface area contributed by atoms with Gasteiger partial charge in [0.15, 0.2) is 0 Å². The van der Waals surface area contributed by atoms with E-state index in [1.165, 1.54) is 26.2 Å². The van der Waals surface area contributed by atoms with Gasteiger partial charge in [0.25, 0.3) is 0 Å². The molecule has 0 aliphatic rings. The second kappa shape index (κ2) is 7.84. The topological polar surface area (TPSA) is 78.9 Å². The normalized spacial score (nSPS) is 11.1. The summed E-state index contributed by atoms with van der Waals surface area (Å²) in [4.78, 5) is 33.9. The highest BCUT2D eigenvalue weighted by Crippen LogP contribution is 2.18. The van der Waals surface area contributed by atoms with Gasteiger partial charge in [-0.2, -0.15) is 0 Å². The number of hydrogen-bond donors (Lipinski definition) is 0. The zero-order valence-corrected chi connectivity index (χ0v) is 11.8. The molecule has 1 aromatic carbocycles. The van der Waals surface area contributed by atoms with E-state index in [0.29, 0.717) is 12.0 Å². The third-order valence-corrected chi connectivity index (χ3v) is 2.49. The second-order valence-corrected chi connectivity index (χ2v) is 4.22. The quantitative estimate of drug-likeness (QED) is 0.249. The second-order valence-electron chi connectivity index (χ2n) is 4.22. The minimum Gasteiger partial charge on any atom is -0.497 e. The SMILES string of the molecule is C=C(C)C(=O)OCC(C=O)C(=O)Oc1ccc(OC)cc1. The molecule has 6 heteroatoms. The zero-order valence-electron chi connectivity index (χ0n) is 11.8. The van der Waals surface area contributed by atoms with Crippen LogP contribution in [0, 0.1) is 5.92 Å². The van der Waals surface area contributed by atoms with Gasteiger partial charge in [-0.15, -0.1) is 0 Å². The van der Waals surface area contributed by atoms with Crippen LogP contribution in [0.25, 0.3) is 0 Å². The first-order chi connectivity index (χ1) is 9.97. The van der Waals surface area contributed by atoms with Crippen LogP contribution in [-0.2, 0) is 19.1 Å². The van der Waals surface area contributed by atoms with E-state index in [9.17, 15) is 14.4 Å². The molecule has 0 aromatic heterocycles. The Kier molecular flexibility index (Phi) is 6.13. The monoisotopic (exact) mass is 292 g/mol. The summed E-state index contributed by atoms with van der Waals surface area (Å²) < 4.78 is 14.7. The lowest BCUT2D eigenvalue weighted by Gasteiger charge is -2.11. The molecule has 0 radical (unpaired) electrons. The van der Waals surface area contributed by atoms with Crippen molar-refractivity contribution in [2.75, 3.05) is 13.7 Å². The Balaban J connectivity index is 2.59. The van der Waals surface area contributed by atoms with E-state index < -0.39 is 17.9 Å². The zero-order chi connectivity index (χ0) is 15.8. The minimum atomic E-state index is -1.18. The molecule has 0 saturated carbocycles. The molecule has 1 aromatic rings. The van der Waals surface area contributed by atoms with E-state index in [-0.39, 0.29) is 17.9 Å². The van der Waals surface area contributed by atoms with Gasteiger partial charge in [0, 0.05) is 5.57 Å². The number of rotatable bonds is 7. The number of hydrogen-bond acceptors (Lipinski definition) is 6. The first-order valence-electron chi connectivity index (χ1n) is 6.11. The lowest BCUT2D eigenvalue weighted by atomic mass is 10.2. The predicted molar refractivity (Wildman–Crippen MR) is 74.0 cm³/mol. The number of carbonyl (C=O) groups is 3. The summed E-state index contributed by atoms with van der Waals surface area (Å²) in [7, 11) is 1.51. The highest BCUT2D eigenvalue weighted by Gasteiger charge is 2.22. The van der Waals surface area contributed by atoms with Gasteiger partial charge in [-0.1, -0.05) is 6.58 Å². The molecule has 6 nitrogen and oxygen atoms in total. The molecule has 112 valence electrons. The van der Waals surface area contributed by atoms with Crippen LogP contribution in [0.4, 0.5) is 0 Å². The summed E-state index contributed by atoms with van der Waals surface area (Å²) >= 11 is 0. The smallest absolute Gasteiger partial charge is 0.333 e. The van der Waals surface area contributed by atoms with Gasteiger partial charge in [0.1, 0.15) is 30.3 Å². The molecule has 1 rings (SSSR count). The summed E-state index contributed by atoms with van der Waals surface area (Å²) in [6.45, 7) is 4.48. The van der Waals surface area contributed by atoms with E-state index in [1.807, 2.05) is 0 Å². The van der Waals surface area contributed by atoms with Gasteiger partial charge in [0.2, 0.25) is 0 Å². The van der Waals surface area contributed by atoms with Crippen LogP contribution in [0.1, 0.15) is 6.92 Å². The van der Waals surface area contributed by atoms with E-state index in [2.05, 4.69) is 6.58 Å². The highest BCUT2D eigenvalue weighted by atomic mass is 16.6. The van der Waals surface area contributed by atoms with Crippen LogP contribution in [0.3, 0.4) is 0 Å². The van der Waals surface area contributed by atoms with Crippen LogP contribution in [0.5, 0.6) is 11.5 Å². The predicted octanol–water partition coefficient (Wildman–Crippen LogP) is 1.53. The standard InChI is InChI=1S/C15H16O6/c1-10(2)14(17)20-9-11(8-16)15(18)21-13-6-4-12(19-3)5-7-13/h4-8,11H,1,9H2,2-3H3. The number of carbonyl (C=O) groups excluding carboxylic acids is 3. The molecule has 0 amide bonds. The number of ether oxygens (including phenoxy) is 3. The molecule has 1 atom stereocenters. The molecule has 1 unspecified atom stereocenters. The highest BCUT2D eigenvalue weighted by molar-refractivity contribution is 5.91. The van der Waals surface area contributed by atoms with E-state index in [1.54, 1.807) is 12.1 Å². The molecule has 0 fully saturated rings. The fraction of sp³-hybridized carbons (Fsp3) is 0.267. The van der Waals surface area contributed by atoms with Gasteiger partial charge in [-0.25, -0.2) is 4.79 Å². The third kappa shape index (κ3) is 5.10. The maximum atomic E-state index is 11.8. The largest absolute Gasteiger partial charge is 0.497 e. The maximum absolute atomic E-state index is 11.8. The van der Waals surface area contributed by atoms with Crippen molar-refractivity contribution in [3.05, 3.63) is 36.4 Å². The average Bonchev–Trinajstić information content (AvgIpc) is 2.48. The van der Waals surface area contributed by atoms with Gasteiger partial charge < -0.3 is 19.0 Å². The molecule has 0 N–H and O–H groups in total. The number of aldehydes is 1. The molecular weight excluding hydrogens is 276 g/mol. The van der Waals surface area contributed by atoms with Crippen molar-refractivity contribution in [2.24, 2.45) is 5.92 Å². The summed E-state index contributed by atoms with van der Waals surface area (Å²) in [5.74, 6) is -1.78. The molecule has 0 aliphatic carbocycles. The van der Waals surface area contributed by atoms with Crippen molar-refractivity contribution in [3.63, 3.8) is 0 Å². The van der Waals surface area contributed by atoms with E-state index >= 15 is 0 Å². The van der Waals surface area contributed by atoms with Crippen LogP contribution in [0.2, 0.25) is 0 Å².